The van der Waals surface area contributed by atoms with Crippen LogP contribution in [0.3, 0.4) is 0 Å². The van der Waals surface area contributed by atoms with Gasteiger partial charge in [-0.05, 0) is 23.3 Å². The number of benzene rings is 1. The third-order valence-electron chi connectivity index (χ3n) is 2.88. The zero-order valence-electron chi connectivity index (χ0n) is 10.4. The van der Waals surface area contributed by atoms with E-state index >= 15 is 0 Å². The van der Waals surface area contributed by atoms with Crippen molar-refractivity contribution in [2.24, 2.45) is 0 Å². The van der Waals surface area contributed by atoms with Gasteiger partial charge >= 0.3 is 0 Å². The molecule has 0 N–H and O–H groups in total. The fourth-order valence-electron chi connectivity index (χ4n) is 2.08. The van der Waals surface area contributed by atoms with Gasteiger partial charge in [0.05, 0.1) is 11.4 Å². The van der Waals surface area contributed by atoms with Gasteiger partial charge in [0, 0.05) is 6.92 Å². The van der Waals surface area contributed by atoms with Gasteiger partial charge in [-0.25, -0.2) is 0 Å². The van der Waals surface area contributed by atoms with E-state index in [1.54, 1.807) is 24.0 Å². The third kappa shape index (κ3) is 1.93. The summed E-state index contributed by atoms with van der Waals surface area (Å²) in [6.07, 6.45) is 7.35. The van der Waals surface area contributed by atoms with Crippen LogP contribution in [0.25, 0.3) is 6.08 Å². The molecule has 0 spiro atoms. The Kier molecular flexibility index (Phi) is 3.28. The molecule has 0 atom stereocenters. The summed E-state index contributed by atoms with van der Waals surface area (Å²) in [7, 11) is 0. The number of anilines is 1. The minimum Gasteiger partial charge on any atom is -0.280 e. The fraction of sp³-hybridized carbons (Fsp3) is 0.0625. The smallest absolute Gasteiger partial charge is 0.228 e. The first-order valence-electron chi connectivity index (χ1n) is 5.76. The van der Waals surface area contributed by atoms with Crippen molar-refractivity contribution in [3.63, 3.8) is 0 Å². The van der Waals surface area contributed by atoms with Crippen LogP contribution < -0.4 is 4.90 Å². The zero-order chi connectivity index (χ0) is 13.1. The van der Waals surface area contributed by atoms with E-state index in [9.17, 15) is 4.79 Å². The molecule has 2 nitrogen and oxygen atoms in total. The summed E-state index contributed by atoms with van der Waals surface area (Å²) in [5.41, 5.74) is 3.52. The highest BCUT2D eigenvalue weighted by Gasteiger charge is 2.20. The maximum absolute atomic E-state index is 11.9. The van der Waals surface area contributed by atoms with Crippen molar-refractivity contribution in [1.29, 1.82) is 0 Å². The van der Waals surface area contributed by atoms with E-state index in [-0.39, 0.29) is 5.91 Å². The predicted octanol–water partition coefficient (Wildman–Crippen LogP) is 3.69. The largest absolute Gasteiger partial charge is 0.280 e. The molecule has 1 aliphatic heterocycles. The number of hydrogen-bond donors (Lipinski definition) is 0. The van der Waals surface area contributed by atoms with Crippen molar-refractivity contribution in [2.45, 2.75) is 6.92 Å². The zero-order valence-corrected chi connectivity index (χ0v) is 10.4. The molecule has 1 amide bonds. The molecule has 0 bridgehead atoms. The molecule has 1 aromatic carbocycles. The van der Waals surface area contributed by atoms with Crippen LogP contribution in [0.15, 0.2) is 66.9 Å². The van der Waals surface area contributed by atoms with Crippen LogP contribution in [0.1, 0.15) is 12.5 Å². The van der Waals surface area contributed by atoms with Gasteiger partial charge in [0.1, 0.15) is 0 Å². The minimum absolute atomic E-state index is 0.0413. The molecule has 0 saturated heterocycles. The lowest BCUT2D eigenvalue weighted by Crippen LogP contribution is -2.27. The van der Waals surface area contributed by atoms with E-state index in [2.05, 4.69) is 13.2 Å². The summed E-state index contributed by atoms with van der Waals surface area (Å²) < 4.78 is 0. The van der Waals surface area contributed by atoms with Crippen molar-refractivity contribution in [2.75, 3.05) is 4.90 Å². The van der Waals surface area contributed by atoms with Gasteiger partial charge in [0.15, 0.2) is 0 Å². The molecule has 2 rings (SSSR count). The molecule has 1 aliphatic rings. The van der Waals surface area contributed by atoms with Gasteiger partial charge in [-0.2, -0.15) is 0 Å². The van der Waals surface area contributed by atoms with Crippen molar-refractivity contribution >= 4 is 17.7 Å². The first-order valence-corrected chi connectivity index (χ1v) is 5.76. The lowest BCUT2D eigenvalue weighted by Gasteiger charge is -2.24. The molecule has 2 heteroatoms. The molecule has 0 unspecified atom stereocenters. The van der Waals surface area contributed by atoms with Gasteiger partial charge in [-0.3, -0.25) is 9.69 Å². The van der Waals surface area contributed by atoms with Crippen LogP contribution in [0.5, 0.6) is 0 Å². The number of rotatable bonds is 2. The molecular weight excluding hydrogens is 222 g/mol. The molecule has 1 heterocycles. The average molecular weight is 237 g/mol. The van der Waals surface area contributed by atoms with E-state index in [0.717, 1.165) is 22.5 Å². The molecule has 0 aromatic heterocycles. The lowest BCUT2D eigenvalue weighted by molar-refractivity contribution is -0.116. The maximum Gasteiger partial charge on any atom is 0.228 e. The lowest BCUT2D eigenvalue weighted by atomic mass is 10.1. The molecule has 0 fully saturated rings. The van der Waals surface area contributed by atoms with Gasteiger partial charge in [0.25, 0.3) is 0 Å². The van der Waals surface area contributed by atoms with E-state index in [1.165, 1.54) is 0 Å². The van der Waals surface area contributed by atoms with Crippen LogP contribution >= 0.6 is 0 Å². The number of para-hydroxylation sites is 1. The normalized spacial score (nSPS) is 13.9. The van der Waals surface area contributed by atoms with E-state index in [4.69, 9.17) is 0 Å². The second kappa shape index (κ2) is 4.88. The number of allylic oxidation sites excluding steroid dienone is 4. The van der Waals surface area contributed by atoms with E-state index < -0.39 is 0 Å². The number of carbonyl (C=O) groups excluding carboxylic acids is 1. The molecule has 1 aromatic rings. The summed E-state index contributed by atoms with van der Waals surface area (Å²) in [6, 6.07) is 7.78. The Morgan fingerprint density at radius 1 is 1.17 bits per heavy atom. The highest BCUT2D eigenvalue weighted by atomic mass is 16.2. The number of nitrogens with zero attached hydrogens (tertiary/aromatic N) is 1. The van der Waals surface area contributed by atoms with Crippen LogP contribution in [-0.4, -0.2) is 5.91 Å². The Morgan fingerprint density at radius 2 is 1.89 bits per heavy atom. The second-order valence-electron chi connectivity index (χ2n) is 4.00. The van der Waals surface area contributed by atoms with Gasteiger partial charge in [-0.15, -0.1) is 0 Å². The van der Waals surface area contributed by atoms with Gasteiger partial charge < -0.3 is 0 Å². The topological polar surface area (TPSA) is 20.3 Å². The van der Waals surface area contributed by atoms with Crippen LogP contribution in [-0.2, 0) is 4.79 Å². The summed E-state index contributed by atoms with van der Waals surface area (Å²) in [6.45, 7) is 9.13. The molecule has 0 saturated carbocycles. The third-order valence-corrected chi connectivity index (χ3v) is 2.88. The fourth-order valence-corrected chi connectivity index (χ4v) is 2.08. The van der Waals surface area contributed by atoms with E-state index in [1.807, 2.05) is 36.4 Å². The Balaban J connectivity index is 2.74. The number of fused-ring (bicyclic) bond motifs is 1. The molecule has 0 radical (unpaired) electrons. The Morgan fingerprint density at radius 3 is 2.50 bits per heavy atom. The standard InChI is InChI=1S/C16H15NO/c1-4-13-10-11-14-8-6-7-9-16(14)17(12(3)18)15(13)5-2/h4-11H,1-2H2,3H3. The SMILES string of the molecule is C=CC1=C(C=C)N(C(C)=O)c2ccccc2C=C1. The van der Waals surface area contributed by atoms with Crippen LogP contribution in [0.2, 0.25) is 0 Å². The van der Waals surface area contributed by atoms with Gasteiger partial charge in [0.2, 0.25) is 5.91 Å². The second-order valence-corrected chi connectivity index (χ2v) is 4.00. The summed E-state index contributed by atoms with van der Waals surface area (Å²) >= 11 is 0. The molecule has 90 valence electrons. The number of hydrogen-bond acceptors (Lipinski definition) is 1. The highest BCUT2D eigenvalue weighted by molar-refractivity contribution is 5.99. The first kappa shape index (κ1) is 12.1. The van der Waals surface area contributed by atoms with E-state index in [0.29, 0.717) is 0 Å². The van der Waals surface area contributed by atoms with Crippen molar-refractivity contribution in [1.82, 2.24) is 0 Å². The average Bonchev–Trinajstić information content (AvgIpc) is 2.54. The monoisotopic (exact) mass is 237 g/mol. The van der Waals surface area contributed by atoms with Crippen molar-refractivity contribution < 1.29 is 4.79 Å². The molecule has 18 heavy (non-hydrogen) atoms. The molecule has 0 aliphatic carbocycles. The number of carbonyl (C=O) groups is 1. The minimum atomic E-state index is -0.0413. The Hall–Kier alpha value is -2.35. The quantitative estimate of drug-likeness (QED) is 0.768. The molecular formula is C16H15NO. The predicted molar refractivity (Wildman–Crippen MR) is 76.1 cm³/mol. The Bertz CT molecular complexity index is 579. The van der Waals surface area contributed by atoms with Gasteiger partial charge in [-0.1, -0.05) is 49.6 Å². The van der Waals surface area contributed by atoms with Crippen molar-refractivity contribution in [3.05, 3.63) is 72.5 Å². The first-order chi connectivity index (χ1) is 8.69. The highest BCUT2D eigenvalue weighted by Crippen LogP contribution is 2.31. The number of amides is 1. The van der Waals surface area contributed by atoms with Crippen LogP contribution in [0.4, 0.5) is 5.69 Å². The van der Waals surface area contributed by atoms with Crippen molar-refractivity contribution in [3.8, 4) is 0 Å². The Labute approximate surface area is 107 Å². The summed E-state index contributed by atoms with van der Waals surface area (Å²) in [4.78, 5) is 13.6. The maximum atomic E-state index is 11.9. The van der Waals surface area contributed by atoms with Crippen LogP contribution in [0, 0.1) is 0 Å². The summed E-state index contributed by atoms with van der Waals surface area (Å²) in [5.74, 6) is -0.0413. The summed E-state index contributed by atoms with van der Waals surface area (Å²) in [5, 5.41) is 0.